The zero-order chi connectivity index (χ0) is 37.2. The van der Waals surface area contributed by atoms with Gasteiger partial charge in [-0.15, -0.1) is 0 Å². The number of benzene rings is 2. The van der Waals surface area contributed by atoms with Crippen molar-refractivity contribution >= 4 is 35.0 Å². The summed E-state index contributed by atoms with van der Waals surface area (Å²) in [6, 6.07) is 14.0. The summed E-state index contributed by atoms with van der Waals surface area (Å²) < 4.78 is 85.2. The number of halogens is 8. The van der Waals surface area contributed by atoms with Crippen LogP contribution in [0.2, 0.25) is 10.0 Å². The normalized spacial score (nSPS) is 11.4. The molecule has 0 fully saturated rings. The number of aliphatic carboxylic acids is 1. The van der Waals surface area contributed by atoms with E-state index in [4.69, 9.17) is 37.8 Å². The average molecular weight is 751 g/mol. The van der Waals surface area contributed by atoms with Crippen molar-refractivity contribution in [1.82, 2.24) is 19.1 Å². The largest absolute Gasteiger partial charge is 0.480 e. The minimum absolute atomic E-state index is 0.130. The van der Waals surface area contributed by atoms with E-state index < -0.39 is 68.1 Å². The first-order chi connectivity index (χ1) is 23.3. The van der Waals surface area contributed by atoms with Gasteiger partial charge in [-0.25, -0.2) is 0 Å². The van der Waals surface area contributed by atoms with Crippen LogP contribution in [-0.2, 0) is 22.7 Å². The van der Waals surface area contributed by atoms with Gasteiger partial charge in [-0.05, 0) is 31.2 Å². The Morgan fingerprint density at radius 1 is 0.700 bits per heavy atom. The van der Waals surface area contributed by atoms with E-state index in [1.165, 1.54) is 13.0 Å². The molecule has 0 saturated heterocycles. The highest BCUT2D eigenvalue weighted by Crippen LogP contribution is 2.24. The molecule has 0 bridgehead atoms. The van der Waals surface area contributed by atoms with E-state index >= 15 is 0 Å². The van der Waals surface area contributed by atoms with Gasteiger partial charge < -0.3 is 14.6 Å². The molecule has 4 rings (SSSR count). The summed E-state index contributed by atoms with van der Waals surface area (Å²) in [5, 5.41) is 9.78. The summed E-state index contributed by atoms with van der Waals surface area (Å²) in [5.74, 6) is -1.72. The van der Waals surface area contributed by atoms with Gasteiger partial charge in [0.25, 0.3) is 23.1 Å². The van der Waals surface area contributed by atoms with Crippen molar-refractivity contribution in [2.24, 2.45) is 0 Å². The number of carboxylic acids is 1. The lowest BCUT2D eigenvalue weighted by atomic mass is 10.1. The maximum Gasteiger partial charge on any atom is 0.392 e. The molecule has 0 saturated carbocycles. The summed E-state index contributed by atoms with van der Waals surface area (Å²) in [4.78, 5) is 54.6. The third kappa shape index (κ3) is 12.9. The Morgan fingerprint density at radius 2 is 1.06 bits per heavy atom. The van der Waals surface area contributed by atoms with Crippen molar-refractivity contribution in [3.05, 3.63) is 91.4 Å². The van der Waals surface area contributed by atoms with Crippen molar-refractivity contribution in [2.75, 3.05) is 13.2 Å². The number of nitrogens with zero attached hydrogens (tertiary/aromatic N) is 4. The van der Waals surface area contributed by atoms with Crippen LogP contribution >= 0.6 is 23.2 Å². The SMILES string of the molecule is CC(=O)Cn1c(OCCC(F)(F)F)nc(-c2ccc(Cl)cc2)cc1=O.O=C(O)Cn1c(OCCC(F)(F)F)nc(-c2ccc(Cl)cc2)cc1=O. The number of hydrogen-bond donors (Lipinski definition) is 1. The molecule has 268 valence electrons. The van der Waals surface area contributed by atoms with Crippen LogP contribution in [0, 0.1) is 0 Å². The summed E-state index contributed by atoms with van der Waals surface area (Å²) in [7, 11) is 0. The van der Waals surface area contributed by atoms with Gasteiger partial charge in [-0.2, -0.15) is 36.3 Å². The molecule has 2 heterocycles. The molecule has 11 nitrogen and oxygen atoms in total. The predicted molar refractivity (Wildman–Crippen MR) is 169 cm³/mol. The van der Waals surface area contributed by atoms with Gasteiger partial charge >= 0.3 is 18.3 Å². The van der Waals surface area contributed by atoms with Crippen molar-refractivity contribution in [3.8, 4) is 34.5 Å². The molecule has 0 amide bonds. The average Bonchev–Trinajstić information content (AvgIpc) is 2.99. The van der Waals surface area contributed by atoms with Gasteiger partial charge in [-0.1, -0.05) is 47.5 Å². The monoisotopic (exact) mass is 750 g/mol. The molecule has 2 aromatic carbocycles. The maximum atomic E-state index is 12.3. The third-order valence-electron chi connectivity index (χ3n) is 6.13. The summed E-state index contributed by atoms with van der Waals surface area (Å²) in [6.45, 7) is -1.38. The second kappa shape index (κ2) is 17.2. The van der Waals surface area contributed by atoms with Crippen LogP contribution < -0.4 is 20.6 Å². The van der Waals surface area contributed by atoms with Crippen LogP contribution in [0.4, 0.5) is 26.3 Å². The minimum atomic E-state index is -4.45. The maximum absolute atomic E-state index is 12.3. The smallest absolute Gasteiger partial charge is 0.392 e. The number of carbonyl (C=O) groups excluding carboxylic acids is 1. The lowest BCUT2D eigenvalue weighted by Crippen LogP contribution is -2.27. The fourth-order valence-corrected chi connectivity index (χ4v) is 4.14. The second-order valence-electron chi connectivity index (χ2n) is 10.2. The Morgan fingerprint density at radius 3 is 1.38 bits per heavy atom. The topological polar surface area (TPSA) is 143 Å². The Bertz CT molecular complexity index is 1770. The van der Waals surface area contributed by atoms with E-state index in [1.54, 1.807) is 48.5 Å². The number of alkyl halides is 6. The van der Waals surface area contributed by atoms with Gasteiger partial charge in [0.1, 0.15) is 25.5 Å². The van der Waals surface area contributed by atoms with Crippen molar-refractivity contribution < 1.29 is 50.5 Å². The van der Waals surface area contributed by atoms with Crippen LogP contribution in [0.15, 0.2) is 70.3 Å². The number of rotatable bonds is 12. The molecule has 0 radical (unpaired) electrons. The zero-order valence-electron chi connectivity index (χ0n) is 25.7. The molecule has 0 unspecified atom stereocenters. The lowest BCUT2D eigenvalue weighted by Gasteiger charge is -2.14. The van der Waals surface area contributed by atoms with E-state index in [9.17, 15) is 45.5 Å². The van der Waals surface area contributed by atoms with Gasteiger partial charge in [-0.3, -0.25) is 28.3 Å². The number of carboxylic acid groups (broad SMARTS) is 1. The molecule has 50 heavy (non-hydrogen) atoms. The van der Waals surface area contributed by atoms with Crippen molar-refractivity contribution in [2.45, 2.75) is 45.2 Å². The number of aromatic nitrogens is 4. The molecule has 0 aliphatic rings. The highest BCUT2D eigenvalue weighted by Gasteiger charge is 2.28. The number of Topliss-reactive ketones (excluding diaryl/α,β-unsaturated/α-hetero) is 1. The first-order valence-electron chi connectivity index (χ1n) is 14.2. The van der Waals surface area contributed by atoms with E-state index in [2.05, 4.69) is 9.97 Å². The van der Waals surface area contributed by atoms with E-state index in [0.29, 0.717) is 25.7 Å². The third-order valence-corrected chi connectivity index (χ3v) is 6.64. The molecule has 0 spiro atoms. The Hall–Kier alpha value is -4.90. The van der Waals surface area contributed by atoms with Crippen LogP contribution in [-0.4, -0.2) is 61.5 Å². The van der Waals surface area contributed by atoms with Gasteiger partial charge in [0.05, 0.1) is 30.8 Å². The van der Waals surface area contributed by atoms with Crippen LogP contribution in [0.3, 0.4) is 0 Å². The Kier molecular flexibility index (Phi) is 13.6. The summed E-state index contributed by atoms with van der Waals surface area (Å²) in [6.07, 6.45) is -11.3. The standard InChI is InChI=1S/C16H14ClF3N2O3.C15H12ClF3N2O4/c1-10(23)9-22-14(24)8-13(11-2-4-12(17)5-3-11)21-15(22)25-7-6-16(18,19)20;16-10-3-1-9(2-4-10)11-7-12(22)21(8-13(23)24)14(20-11)25-6-5-15(17,18)19/h2-5,8H,6-7,9H2,1H3;1-4,7H,5-6,8H2,(H,23,24). The summed E-state index contributed by atoms with van der Waals surface area (Å²) in [5.41, 5.74) is -0.00268. The lowest BCUT2D eigenvalue weighted by molar-refractivity contribution is -0.141. The molecule has 0 aliphatic heterocycles. The Balaban J connectivity index is 0.000000270. The van der Waals surface area contributed by atoms with Crippen molar-refractivity contribution in [3.63, 3.8) is 0 Å². The number of ketones is 1. The molecular weight excluding hydrogens is 725 g/mol. The van der Waals surface area contributed by atoms with Crippen LogP contribution in [0.25, 0.3) is 22.5 Å². The first kappa shape index (κ1) is 39.5. The quantitative estimate of drug-likeness (QED) is 0.161. The molecule has 0 atom stereocenters. The molecule has 2 aromatic heterocycles. The Labute approximate surface area is 288 Å². The number of hydrogen-bond acceptors (Lipinski definition) is 8. The number of carbonyl (C=O) groups is 2. The second-order valence-corrected chi connectivity index (χ2v) is 11.1. The van der Waals surface area contributed by atoms with Crippen LogP contribution in [0.1, 0.15) is 19.8 Å². The van der Waals surface area contributed by atoms with Crippen LogP contribution in [0.5, 0.6) is 12.0 Å². The van der Waals surface area contributed by atoms with Gasteiger partial charge in [0.15, 0.2) is 0 Å². The highest BCUT2D eigenvalue weighted by molar-refractivity contribution is 6.30. The predicted octanol–water partition coefficient (Wildman–Crippen LogP) is 6.46. The molecule has 1 N–H and O–H groups in total. The zero-order valence-corrected chi connectivity index (χ0v) is 27.2. The van der Waals surface area contributed by atoms with Crippen molar-refractivity contribution in [1.29, 1.82) is 0 Å². The highest BCUT2D eigenvalue weighted by atomic mass is 35.5. The van der Waals surface area contributed by atoms with E-state index in [-0.39, 0.29) is 29.7 Å². The molecular formula is C31H26Cl2F6N4O7. The van der Waals surface area contributed by atoms with Gasteiger partial charge in [0.2, 0.25) is 0 Å². The summed E-state index contributed by atoms with van der Waals surface area (Å²) >= 11 is 11.6. The number of ether oxygens (including phenoxy) is 2. The molecule has 19 heteroatoms. The van der Waals surface area contributed by atoms with E-state index in [1.807, 2.05) is 0 Å². The molecule has 0 aliphatic carbocycles. The minimum Gasteiger partial charge on any atom is -0.480 e. The molecule has 4 aromatic rings. The first-order valence-corrected chi connectivity index (χ1v) is 14.9. The van der Waals surface area contributed by atoms with Gasteiger partial charge in [0, 0.05) is 33.3 Å². The van der Waals surface area contributed by atoms with E-state index in [0.717, 1.165) is 10.6 Å². The fraction of sp³-hybridized carbons (Fsp3) is 0.290. The fourth-order valence-electron chi connectivity index (χ4n) is 3.89.